The summed E-state index contributed by atoms with van der Waals surface area (Å²) in [6.07, 6.45) is 0. The van der Waals surface area contributed by atoms with Gasteiger partial charge in [-0.25, -0.2) is 4.68 Å². The van der Waals surface area contributed by atoms with Crippen LogP contribution >= 0.6 is 0 Å². The van der Waals surface area contributed by atoms with Crippen LogP contribution in [-0.2, 0) is 0 Å². The Morgan fingerprint density at radius 2 is 1.87 bits per heavy atom. The van der Waals surface area contributed by atoms with Gasteiger partial charge in [0, 0.05) is 20.2 Å². The van der Waals surface area contributed by atoms with Crippen LogP contribution in [-0.4, -0.2) is 23.9 Å². The Morgan fingerprint density at radius 1 is 1.20 bits per heavy atom. The van der Waals surface area contributed by atoms with Crippen molar-refractivity contribution in [2.45, 2.75) is 0 Å². The molecular formula is C11H14N4. The molecule has 1 heterocycles. The lowest BCUT2D eigenvalue weighted by Gasteiger charge is -2.13. The largest absolute Gasteiger partial charge is 0.382 e. The highest BCUT2D eigenvalue weighted by Crippen LogP contribution is 2.19. The minimum Gasteiger partial charge on any atom is -0.382 e. The lowest BCUT2D eigenvalue weighted by atomic mass is 10.3. The number of anilines is 2. The number of nitrogens with two attached hydrogens (primary N) is 1. The Morgan fingerprint density at radius 3 is 2.47 bits per heavy atom. The van der Waals surface area contributed by atoms with Gasteiger partial charge in [-0.05, 0) is 12.1 Å². The second-order valence-electron chi connectivity index (χ2n) is 3.57. The molecule has 2 aromatic rings. The fourth-order valence-corrected chi connectivity index (χ4v) is 1.47. The van der Waals surface area contributed by atoms with Gasteiger partial charge in [0.05, 0.1) is 5.69 Å². The molecule has 0 unspecified atom stereocenters. The van der Waals surface area contributed by atoms with E-state index in [4.69, 9.17) is 5.73 Å². The molecule has 0 aliphatic rings. The van der Waals surface area contributed by atoms with Crippen LogP contribution in [0.5, 0.6) is 0 Å². The summed E-state index contributed by atoms with van der Waals surface area (Å²) in [6.45, 7) is 0. The first-order chi connectivity index (χ1) is 7.18. The van der Waals surface area contributed by atoms with E-state index < -0.39 is 0 Å². The smallest absolute Gasteiger partial charge is 0.148 e. The lowest BCUT2D eigenvalue weighted by molar-refractivity contribution is 0.858. The Hall–Kier alpha value is -1.97. The molecule has 78 valence electrons. The summed E-state index contributed by atoms with van der Waals surface area (Å²) in [5, 5.41) is 4.25. The molecule has 2 N–H and O–H groups in total. The summed E-state index contributed by atoms with van der Waals surface area (Å²) in [5.74, 6) is 1.50. The van der Waals surface area contributed by atoms with Crippen molar-refractivity contribution in [3.05, 3.63) is 36.4 Å². The number of para-hydroxylation sites is 1. The third kappa shape index (κ3) is 1.79. The van der Waals surface area contributed by atoms with E-state index in [2.05, 4.69) is 5.10 Å². The van der Waals surface area contributed by atoms with Gasteiger partial charge in [-0.15, -0.1) is 5.10 Å². The van der Waals surface area contributed by atoms with E-state index in [9.17, 15) is 0 Å². The predicted molar refractivity (Wildman–Crippen MR) is 62.3 cm³/mol. The van der Waals surface area contributed by atoms with E-state index >= 15 is 0 Å². The molecule has 0 atom stereocenters. The van der Waals surface area contributed by atoms with Gasteiger partial charge < -0.3 is 10.6 Å². The predicted octanol–water partition coefficient (Wildman–Crippen LogP) is 1.52. The van der Waals surface area contributed by atoms with Gasteiger partial charge >= 0.3 is 0 Å². The van der Waals surface area contributed by atoms with Crippen LogP contribution in [0.4, 0.5) is 11.6 Å². The average Bonchev–Trinajstić information content (AvgIpc) is 2.62. The normalized spacial score (nSPS) is 10.3. The summed E-state index contributed by atoms with van der Waals surface area (Å²) in [7, 11) is 3.94. The first-order valence-corrected chi connectivity index (χ1v) is 4.77. The van der Waals surface area contributed by atoms with Gasteiger partial charge in [0.2, 0.25) is 0 Å². The van der Waals surface area contributed by atoms with Gasteiger partial charge in [-0.3, -0.25) is 0 Å². The lowest BCUT2D eigenvalue weighted by Crippen LogP contribution is -2.13. The summed E-state index contributed by atoms with van der Waals surface area (Å²) < 4.78 is 1.83. The highest BCUT2D eigenvalue weighted by atomic mass is 15.4. The highest BCUT2D eigenvalue weighted by Gasteiger charge is 2.08. The molecule has 0 spiro atoms. The molecule has 4 nitrogen and oxygen atoms in total. The van der Waals surface area contributed by atoms with Crippen LogP contribution in [0.3, 0.4) is 0 Å². The van der Waals surface area contributed by atoms with Gasteiger partial charge in [0.1, 0.15) is 11.6 Å². The molecule has 1 aromatic carbocycles. The molecule has 0 saturated carbocycles. The van der Waals surface area contributed by atoms with Crippen LogP contribution in [0, 0.1) is 0 Å². The van der Waals surface area contributed by atoms with Gasteiger partial charge in [0.15, 0.2) is 0 Å². The van der Waals surface area contributed by atoms with E-state index in [-0.39, 0.29) is 0 Å². The molecule has 0 aliphatic carbocycles. The maximum absolute atomic E-state index is 5.70. The van der Waals surface area contributed by atoms with Crippen LogP contribution in [0.15, 0.2) is 36.4 Å². The van der Waals surface area contributed by atoms with Crippen molar-refractivity contribution in [3.8, 4) is 5.69 Å². The minimum absolute atomic E-state index is 0.530. The first kappa shape index (κ1) is 9.58. The number of benzene rings is 1. The monoisotopic (exact) mass is 202 g/mol. The van der Waals surface area contributed by atoms with E-state index in [1.165, 1.54) is 0 Å². The molecule has 0 bridgehead atoms. The fourth-order valence-electron chi connectivity index (χ4n) is 1.47. The molecule has 2 rings (SSSR count). The maximum Gasteiger partial charge on any atom is 0.148 e. The topological polar surface area (TPSA) is 47.1 Å². The molecule has 0 amide bonds. The first-order valence-electron chi connectivity index (χ1n) is 4.77. The third-order valence-corrected chi connectivity index (χ3v) is 2.17. The molecule has 0 fully saturated rings. The molecule has 4 heteroatoms. The van der Waals surface area contributed by atoms with E-state index in [1.807, 2.05) is 60.1 Å². The minimum atomic E-state index is 0.530. The van der Waals surface area contributed by atoms with Crippen molar-refractivity contribution in [3.63, 3.8) is 0 Å². The summed E-state index contributed by atoms with van der Waals surface area (Å²) in [5.41, 5.74) is 6.71. The number of rotatable bonds is 2. The Bertz CT molecular complexity index is 445. The van der Waals surface area contributed by atoms with E-state index in [0.29, 0.717) is 5.82 Å². The molecule has 15 heavy (non-hydrogen) atoms. The quantitative estimate of drug-likeness (QED) is 0.803. The molecule has 0 radical (unpaired) electrons. The molecule has 1 aromatic heterocycles. The van der Waals surface area contributed by atoms with Crippen LogP contribution in [0.2, 0.25) is 0 Å². The van der Waals surface area contributed by atoms with Crippen molar-refractivity contribution < 1.29 is 0 Å². The zero-order chi connectivity index (χ0) is 10.8. The Balaban J connectivity index is 2.53. The van der Waals surface area contributed by atoms with Crippen molar-refractivity contribution in [1.29, 1.82) is 0 Å². The van der Waals surface area contributed by atoms with Crippen molar-refractivity contribution in [2.24, 2.45) is 0 Å². The average molecular weight is 202 g/mol. The zero-order valence-corrected chi connectivity index (χ0v) is 8.88. The molecule has 0 saturated heterocycles. The zero-order valence-electron chi connectivity index (χ0n) is 8.88. The van der Waals surface area contributed by atoms with Gasteiger partial charge in [-0.1, -0.05) is 18.2 Å². The number of nitrogen functional groups attached to an aromatic ring is 1. The van der Waals surface area contributed by atoms with E-state index in [0.717, 1.165) is 11.5 Å². The third-order valence-electron chi connectivity index (χ3n) is 2.17. The van der Waals surface area contributed by atoms with Crippen LogP contribution in [0.25, 0.3) is 5.69 Å². The standard InChI is InChI=1S/C11H14N4/c1-14(2)11-8-10(12)13-15(11)9-6-4-3-5-7-9/h3-8H,1-2H3,(H2,12,13). The van der Waals surface area contributed by atoms with Crippen LogP contribution < -0.4 is 10.6 Å². The van der Waals surface area contributed by atoms with Crippen molar-refractivity contribution >= 4 is 11.6 Å². The van der Waals surface area contributed by atoms with Gasteiger partial charge in [0.25, 0.3) is 0 Å². The second-order valence-corrected chi connectivity index (χ2v) is 3.57. The molecular weight excluding hydrogens is 188 g/mol. The summed E-state index contributed by atoms with van der Waals surface area (Å²) in [4.78, 5) is 1.98. The molecule has 0 aliphatic heterocycles. The maximum atomic E-state index is 5.70. The number of hydrogen-bond acceptors (Lipinski definition) is 3. The SMILES string of the molecule is CN(C)c1cc(N)nn1-c1ccccc1. The van der Waals surface area contributed by atoms with Crippen molar-refractivity contribution in [1.82, 2.24) is 9.78 Å². The summed E-state index contributed by atoms with van der Waals surface area (Å²) in [6, 6.07) is 11.8. The second kappa shape index (κ2) is 3.65. The number of nitrogens with zero attached hydrogens (tertiary/aromatic N) is 3. The Kier molecular flexibility index (Phi) is 2.33. The fraction of sp³-hybridized carbons (Fsp3) is 0.182. The summed E-state index contributed by atoms with van der Waals surface area (Å²) >= 11 is 0. The van der Waals surface area contributed by atoms with E-state index in [1.54, 1.807) is 0 Å². The van der Waals surface area contributed by atoms with Crippen molar-refractivity contribution in [2.75, 3.05) is 24.7 Å². The Labute approximate surface area is 88.9 Å². The van der Waals surface area contributed by atoms with Gasteiger partial charge in [-0.2, -0.15) is 0 Å². The number of aromatic nitrogens is 2. The van der Waals surface area contributed by atoms with Crippen LogP contribution in [0.1, 0.15) is 0 Å². The number of hydrogen-bond donors (Lipinski definition) is 1. The highest BCUT2D eigenvalue weighted by molar-refractivity contribution is 5.52.